The predicted molar refractivity (Wildman–Crippen MR) is 200 cm³/mol. The second-order valence-electron chi connectivity index (χ2n) is 16.4. The number of hydrogen-bond donors (Lipinski definition) is 3. The van der Waals surface area contributed by atoms with Crippen LogP contribution < -0.4 is 34.9 Å². The van der Waals surface area contributed by atoms with Gasteiger partial charge >= 0.3 is 18.2 Å². The number of methoxy groups -OCH3 is 3. The van der Waals surface area contributed by atoms with Crippen molar-refractivity contribution in [1.82, 2.24) is 16.0 Å². The van der Waals surface area contributed by atoms with Crippen molar-refractivity contribution in [2.24, 2.45) is 28.6 Å². The molecule has 2 aromatic carbocycles. The summed E-state index contributed by atoms with van der Waals surface area (Å²) in [5, 5.41) is 9.18. The van der Waals surface area contributed by atoms with Crippen LogP contribution in [0.25, 0.3) is 0 Å². The highest BCUT2D eigenvalue weighted by Crippen LogP contribution is 2.66. The third-order valence-corrected chi connectivity index (χ3v) is 11.6. The highest BCUT2D eigenvalue weighted by molar-refractivity contribution is 5.75. The first-order chi connectivity index (χ1) is 25.9. The minimum Gasteiger partial charge on any atom is -0.493 e. The number of ether oxygens (including phenoxy) is 7. The van der Waals surface area contributed by atoms with Crippen molar-refractivity contribution in [3.05, 3.63) is 47.5 Å². The molecule has 4 atom stereocenters. The SMILES string of the molecule is COc1ccc(C[C@H]2COC(=O)[C@@H]2Cc2ccc(OC(=O)NCCOCCNCCOC(=O)NC34CC5CC(C)(CC(C)(C5)C3)C4)c(OC)c2)cc1OC. The molecule has 54 heavy (non-hydrogen) atoms. The number of hydrogen-bond acceptors (Lipinski definition) is 11. The molecule has 4 bridgehead atoms. The van der Waals surface area contributed by atoms with Gasteiger partial charge in [0.15, 0.2) is 23.0 Å². The van der Waals surface area contributed by atoms with Crippen molar-refractivity contribution in [2.45, 2.75) is 70.8 Å². The van der Waals surface area contributed by atoms with Gasteiger partial charge in [0, 0.05) is 31.1 Å². The monoisotopic (exact) mass is 751 g/mol. The Balaban J connectivity index is 0.843. The van der Waals surface area contributed by atoms with Crippen molar-refractivity contribution in [2.75, 3.05) is 67.4 Å². The first-order valence-corrected chi connectivity index (χ1v) is 19.2. The van der Waals surface area contributed by atoms with Crippen LogP contribution in [0.15, 0.2) is 36.4 Å². The summed E-state index contributed by atoms with van der Waals surface area (Å²) in [4.78, 5) is 37.9. The van der Waals surface area contributed by atoms with E-state index in [1.165, 1.54) is 26.4 Å². The zero-order chi connectivity index (χ0) is 38.3. The van der Waals surface area contributed by atoms with Crippen LogP contribution in [0.1, 0.15) is 63.5 Å². The molecule has 7 rings (SSSR count). The number of carbonyl (C=O) groups excluding carboxylic acids is 3. The average molecular weight is 752 g/mol. The maximum Gasteiger partial charge on any atom is 0.412 e. The summed E-state index contributed by atoms with van der Waals surface area (Å²) in [6.45, 7) is 7.50. The molecule has 2 aromatic rings. The van der Waals surface area contributed by atoms with Gasteiger partial charge in [0.2, 0.25) is 0 Å². The summed E-state index contributed by atoms with van der Waals surface area (Å²) in [6, 6.07) is 11.0. The number of benzene rings is 2. The van der Waals surface area contributed by atoms with Crippen molar-refractivity contribution >= 4 is 18.2 Å². The first-order valence-electron chi connectivity index (χ1n) is 19.2. The van der Waals surface area contributed by atoms with E-state index in [0.29, 0.717) is 79.7 Å². The predicted octanol–water partition coefficient (Wildman–Crippen LogP) is 5.46. The van der Waals surface area contributed by atoms with Crippen LogP contribution in [-0.2, 0) is 31.8 Å². The normalized spacial score (nSPS) is 27.9. The number of amides is 2. The van der Waals surface area contributed by atoms with E-state index in [4.69, 9.17) is 33.2 Å². The molecular formula is C41H57N3O10. The van der Waals surface area contributed by atoms with E-state index < -0.39 is 6.09 Å². The molecule has 0 aromatic heterocycles. The van der Waals surface area contributed by atoms with E-state index in [9.17, 15) is 14.4 Å². The third kappa shape index (κ3) is 9.70. The molecular weight excluding hydrogens is 694 g/mol. The Morgan fingerprint density at radius 1 is 0.759 bits per heavy atom. The zero-order valence-electron chi connectivity index (χ0n) is 32.4. The fraction of sp³-hybridized carbons (Fsp3) is 0.634. The zero-order valence-corrected chi connectivity index (χ0v) is 32.4. The van der Waals surface area contributed by atoms with Crippen molar-refractivity contribution in [3.8, 4) is 23.0 Å². The van der Waals surface area contributed by atoms with Gasteiger partial charge in [-0.1, -0.05) is 26.0 Å². The molecule has 4 aliphatic carbocycles. The van der Waals surface area contributed by atoms with Gasteiger partial charge in [-0.3, -0.25) is 4.79 Å². The summed E-state index contributed by atoms with van der Waals surface area (Å²) in [6.07, 6.45) is 7.15. The molecule has 296 valence electrons. The summed E-state index contributed by atoms with van der Waals surface area (Å²) < 4.78 is 38.4. The Morgan fingerprint density at radius 2 is 1.39 bits per heavy atom. The Bertz CT molecular complexity index is 1630. The standard InChI is InChI=1S/C41H57N3O10/c1-39-20-29-21-40(2,24-39)26-41(22-29,25-39)44-38(47)52-15-11-42-10-13-51-14-12-43-37(46)54-33-9-7-28(19-35(33)50-5)17-31-30(23-53-36(31)45)16-27-6-8-32(48-3)34(18-27)49-4/h6-9,18-19,29-31,42H,10-17,20-26H2,1-5H3,(H,43,46)(H,44,47)/t29?,30-,31+,39?,40?,41?/m0/s1. The van der Waals surface area contributed by atoms with Crippen molar-refractivity contribution in [3.63, 3.8) is 0 Å². The summed E-state index contributed by atoms with van der Waals surface area (Å²) >= 11 is 0. The van der Waals surface area contributed by atoms with Crippen LogP contribution in [0.5, 0.6) is 23.0 Å². The molecule has 1 heterocycles. The maximum atomic E-state index is 12.7. The lowest BCUT2D eigenvalue weighted by atomic mass is 9.43. The van der Waals surface area contributed by atoms with Crippen molar-refractivity contribution < 1.29 is 47.5 Å². The Hall–Kier alpha value is -4.23. The van der Waals surface area contributed by atoms with E-state index in [1.807, 2.05) is 24.3 Å². The molecule has 0 radical (unpaired) electrons. The Kier molecular flexibility index (Phi) is 12.5. The molecule has 5 fully saturated rings. The molecule has 4 saturated carbocycles. The molecule has 13 heteroatoms. The number of cyclic esters (lactones) is 1. The van der Waals surface area contributed by atoms with Crippen LogP contribution in [-0.4, -0.2) is 91.1 Å². The van der Waals surface area contributed by atoms with E-state index in [2.05, 4.69) is 29.8 Å². The van der Waals surface area contributed by atoms with Gasteiger partial charge in [-0.2, -0.15) is 0 Å². The highest BCUT2D eigenvalue weighted by Gasteiger charge is 2.60. The van der Waals surface area contributed by atoms with E-state index in [1.54, 1.807) is 26.4 Å². The summed E-state index contributed by atoms with van der Waals surface area (Å²) in [5.41, 5.74) is 2.42. The molecule has 2 unspecified atom stereocenters. The molecule has 0 spiro atoms. The lowest BCUT2D eigenvalue weighted by molar-refractivity contribution is -0.141. The van der Waals surface area contributed by atoms with Crippen LogP contribution in [0, 0.1) is 28.6 Å². The number of esters is 1. The van der Waals surface area contributed by atoms with Gasteiger partial charge in [-0.05, 0) is 104 Å². The Morgan fingerprint density at radius 3 is 2.07 bits per heavy atom. The number of alkyl carbamates (subject to hydrolysis) is 1. The molecule has 3 N–H and O–H groups in total. The minimum absolute atomic E-state index is 0.0165. The lowest BCUT2D eigenvalue weighted by Gasteiger charge is -2.65. The first kappa shape index (κ1) is 39.5. The van der Waals surface area contributed by atoms with Crippen LogP contribution in [0.3, 0.4) is 0 Å². The smallest absolute Gasteiger partial charge is 0.412 e. The van der Waals surface area contributed by atoms with E-state index >= 15 is 0 Å². The Labute approximate surface area is 318 Å². The number of rotatable bonds is 18. The number of nitrogens with one attached hydrogen (secondary N) is 3. The molecule has 1 saturated heterocycles. The van der Waals surface area contributed by atoms with Gasteiger partial charge in [-0.15, -0.1) is 0 Å². The minimum atomic E-state index is -0.635. The quantitative estimate of drug-likeness (QED) is 0.132. The van der Waals surface area contributed by atoms with Gasteiger partial charge in [0.05, 0.1) is 47.1 Å². The van der Waals surface area contributed by atoms with Gasteiger partial charge in [0.1, 0.15) is 6.61 Å². The fourth-order valence-corrected chi connectivity index (χ4v) is 10.3. The maximum absolute atomic E-state index is 12.7. The van der Waals surface area contributed by atoms with E-state index in [0.717, 1.165) is 30.4 Å². The second-order valence-corrected chi connectivity index (χ2v) is 16.4. The fourth-order valence-electron chi connectivity index (χ4n) is 10.3. The number of carbonyl (C=O) groups is 3. The molecule has 2 amide bonds. The van der Waals surface area contributed by atoms with Gasteiger partial charge in [-0.25, -0.2) is 9.59 Å². The summed E-state index contributed by atoms with van der Waals surface area (Å²) in [5.74, 6) is 2.04. The van der Waals surface area contributed by atoms with Gasteiger partial charge < -0.3 is 49.1 Å². The topological polar surface area (TPSA) is 152 Å². The van der Waals surface area contributed by atoms with Gasteiger partial charge in [0.25, 0.3) is 0 Å². The molecule has 13 nitrogen and oxygen atoms in total. The lowest BCUT2D eigenvalue weighted by Crippen LogP contribution is -2.65. The summed E-state index contributed by atoms with van der Waals surface area (Å²) in [7, 11) is 4.69. The molecule has 1 aliphatic heterocycles. The van der Waals surface area contributed by atoms with E-state index in [-0.39, 0.29) is 48.3 Å². The second kappa shape index (κ2) is 17.1. The largest absolute Gasteiger partial charge is 0.493 e. The molecule has 5 aliphatic rings. The van der Waals surface area contributed by atoms with Crippen molar-refractivity contribution in [1.29, 1.82) is 0 Å². The van der Waals surface area contributed by atoms with Crippen LogP contribution in [0.4, 0.5) is 9.59 Å². The van der Waals surface area contributed by atoms with Crippen LogP contribution >= 0.6 is 0 Å². The third-order valence-electron chi connectivity index (χ3n) is 11.6. The average Bonchev–Trinajstić information content (AvgIpc) is 3.45. The highest BCUT2D eigenvalue weighted by atomic mass is 16.6. The van der Waals surface area contributed by atoms with Crippen LogP contribution in [0.2, 0.25) is 0 Å².